The number of ether oxygens (including phenoxy) is 1. The quantitative estimate of drug-likeness (QED) is 0.610. The number of alkyl halides is 6. The second kappa shape index (κ2) is 5.94. The monoisotopic (exact) mass is 318 g/mol. The molecule has 0 heterocycles. The lowest BCUT2D eigenvalue weighted by Crippen LogP contribution is -2.19. The van der Waals surface area contributed by atoms with E-state index in [0.29, 0.717) is 0 Å². The molecule has 20 heavy (non-hydrogen) atoms. The maximum absolute atomic E-state index is 12.3. The lowest BCUT2D eigenvalue weighted by molar-refractivity contribution is -0.275. The van der Waals surface area contributed by atoms with Crippen LogP contribution in [0.2, 0.25) is 0 Å². The van der Waals surface area contributed by atoms with E-state index in [2.05, 4.69) is 4.74 Å². The SMILES string of the molecule is CC(=O)Cc1cccc(SC(F)(F)F)c1OC(F)(F)F. The number of ketones is 1. The van der Waals surface area contributed by atoms with Crippen LogP contribution in [0.4, 0.5) is 26.3 Å². The smallest absolute Gasteiger partial charge is 0.404 e. The first-order valence-electron chi connectivity index (χ1n) is 5.11. The van der Waals surface area contributed by atoms with Gasteiger partial charge in [-0.3, -0.25) is 4.79 Å². The van der Waals surface area contributed by atoms with Crippen LogP contribution >= 0.6 is 11.8 Å². The number of hydrogen-bond acceptors (Lipinski definition) is 3. The molecule has 0 atom stereocenters. The van der Waals surface area contributed by atoms with Gasteiger partial charge in [0, 0.05) is 12.0 Å². The molecule has 0 amide bonds. The van der Waals surface area contributed by atoms with Gasteiger partial charge in [0.15, 0.2) is 0 Å². The van der Waals surface area contributed by atoms with Crippen molar-refractivity contribution in [3.05, 3.63) is 23.8 Å². The van der Waals surface area contributed by atoms with Gasteiger partial charge >= 0.3 is 11.9 Å². The Bertz CT molecular complexity index is 495. The highest BCUT2D eigenvalue weighted by atomic mass is 32.2. The molecule has 0 unspecified atom stereocenters. The van der Waals surface area contributed by atoms with Crippen LogP contribution in [0.3, 0.4) is 0 Å². The van der Waals surface area contributed by atoms with E-state index < -0.39 is 46.5 Å². The van der Waals surface area contributed by atoms with E-state index >= 15 is 0 Å². The third-order valence-corrected chi connectivity index (χ3v) is 2.72. The minimum absolute atomic E-state index is 0.246. The van der Waals surface area contributed by atoms with Gasteiger partial charge in [-0.05, 0) is 24.8 Å². The highest BCUT2D eigenvalue weighted by molar-refractivity contribution is 8.00. The maximum Gasteiger partial charge on any atom is 0.573 e. The largest absolute Gasteiger partial charge is 0.573 e. The normalized spacial score (nSPS) is 12.3. The van der Waals surface area contributed by atoms with Crippen molar-refractivity contribution >= 4 is 17.5 Å². The third-order valence-electron chi connectivity index (χ3n) is 1.94. The van der Waals surface area contributed by atoms with E-state index in [1.54, 1.807) is 0 Å². The molecule has 0 N–H and O–H groups in total. The van der Waals surface area contributed by atoms with Crippen molar-refractivity contribution in [3.8, 4) is 5.75 Å². The van der Waals surface area contributed by atoms with Crippen molar-refractivity contribution in [1.82, 2.24) is 0 Å². The summed E-state index contributed by atoms with van der Waals surface area (Å²) >= 11 is -0.727. The molecule has 1 aromatic rings. The lowest BCUT2D eigenvalue weighted by atomic mass is 10.1. The van der Waals surface area contributed by atoms with E-state index in [-0.39, 0.29) is 5.56 Å². The number of carbonyl (C=O) groups is 1. The molecule has 0 aliphatic heterocycles. The summed E-state index contributed by atoms with van der Waals surface area (Å²) in [7, 11) is 0. The van der Waals surface area contributed by atoms with Crippen molar-refractivity contribution in [3.63, 3.8) is 0 Å². The molecule has 1 rings (SSSR count). The van der Waals surface area contributed by atoms with Crippen LogP contribution in [0.1, 0.15) is 12.5 Å². The fourth-order valence-electron chi connectivity index (χ4n) is 1.41. The molecule has 0 saturated heterocycles. The standard InChI is InChI=1S/C11H8F6O2S/c1-6(18)5-7-3-2-4-8(20-11(15,16)17)9(7)19-10(12,13)14/h2-4H,5H2,1H3. The van der Waals surface area contributed by atoms with E-state index in [1.165, 1.54) is 0 Å². The Morgan fingerprint density at radius 2 is 1.80 bits per heavy atom. The number of rotatable bonds is 4. The molecule has 0 saturated carbocycles. The highest BCUT2D eigenvalue weighted by Gasteiger charge is 2.36. The molecule has 0 fully saturated rings. The predicted octanol–water partition coefficient (Wildman–Crippen LogP) is 4.33. The van der Waals surface area contributed by atoms with Crippen molar-refractivity contribution in [2.75, 3.05) is 0 Å². The van der Waals surface area contributed by atoms with Crippen molar-refractivity contribution in [2.45, 2.75) is 30.1 Å². The van der Waals surface area contributed by atoms with Crippen LogP contribution in [0, 0.1) is 0 Å². The summed E-state index contributed by atoms with van der Waals surface area (Å²) in [6.45, 7) is 1.11. The number of para-hydroxylation sites is 1. The van der Waals surface area contributed by atoms with E-state index in [0.717, 1.165) is 25.1 Å². The van der Waals surface area contributed by atoms with Gasteiger partial charge in [-0.2, -0.15) is 13.2 Å². The molecule has 0 aromatic heterocycles. The van der Waals surface area contributed by atoms with Crippen LogP contribution in [0.5, 0.6) is 5.75 Å². The van der Waals surface area contributed by atoms with Crippen molar-refractivity contribution < 1.29 is 35.9 Å². The number of thioether (sulfide) groups is 1. The summed E-state index contributed by atoms with van der Waals surface area (Å²) in [5, 5.41) is 0. The topological polar surface area (TPSA) is 26.3 Å². The Labute approximate surface area is 114 Å². The molecule has 0 bridgehead atoms. The fourth-order valence-corrected chi connectivity index (χ4v) is 2.07. The zero-order valence-corrected chi connectivity index (χ0v) is 10.7. The molecule has 0 aliphatic carbocycles. The molecular weight excluding hydrogens is 310 g/mol. The fraction of sp³-hybridized carbons (Fsp3) is 0.364. The molecule has 2 nitrogen and oxygen atoms in total. The molecule has 0 spiro atoms. The molecule has 0 radical (unpaired) electrons. The Morgan fingerprint density at radius 3 is 2.25 bits per heavy atom. The van der Waals surface area contributed by atoms with Crippen LogP contribution < -0.4 is 4.74 Å². The highest BCUT2D eigenvalue weighted by Crippen LogP contribution is 2.44. The van der Waals surface area contributed by atoms with E-state index in [4.69, 9.17) is 0 Å². The average Bonchev–Trinajstić information content (AvgIpc) is 2.18. The zero-order valence-electron chi connectivity index (χ0n) is 9.93. The number of benzene rings is 1. The first-order valence-corrected chi connectivity index (χ1v) is 5.92. The van der Waals surface area contributed by atoms with Gasteiger partial charge in [-0.1, -0.05) is 12.1 Å². The summed E-state index contributed by atoms with van der Waals surface area (Å²) in [5.41, 5.74) is -5.01. The van der Waals surface area contributed by atoms with Gasteiger partial charge in [0.05, 0.1) is 4.90 Å². The van der Waals surface area contributed by atoms with Gasteiger partial charge < -0.3 is 4.74 Å². The summed E-state index contributed by atoms with van der Waals surface area (Å²) in [5.74, 6) is -1.48. The Kier molecular flexibility index (Phi) is 4.95. The van der Waals surface area contributed by atoms with Gasteiger partial charge in [0.1, 0.15) is 11.5 Å². The van der Waals surface area contributed by atoms with Gasteiger partial charge in [-0.25, -0.2) is 0 Å². The zero-order chi connectivity index (χ0) is 15.6. The first kappa shape index (κ1) is 16.7. The van der Waals surface area contributed by atoms with E-state index in [1.807, 2.05) is 0 Å². The van der Waals surface area contributed by atoms with Crippen LogP contribution in [0.15, 0.2) is 23.1 Å². The Hall–Kier alpha value is -1.38. The molecule has 9 heteroatoms. The minimum Gasteiger partial charge on any atom is -0.404 e. The summed E-state index contributed by atoms with van der Waals surface area (Å²) in [6.07, 6.45) is -5.59. The molecule has 0 aliphatic rings. The van der Waals surface area contributed by atoms with Crippen molar-refractivity contribution in [2.24, 2.45) is 0 Å². The molecular formula is C11H8F6O2S. The first-order chi connectivity index (χ1) is 8.98. The summed E-state index contributed by atoms with van der Waals surface area (Å²) < 4.78 is 77.4. The summed E-state index contributed by atoms with van der Waals surface area (Å²) in [4.78, 5) is 10.2. The molecule has 1 aromatic carbocycles. The van der Waals surface area contributed by atoms with Gasteiger partial charge in [0.2, 0.25) is 0 Å². The van der Waals surface area contributed by atoms with Crippen LogP contribution in [0.25, 0.3) is 0 Å². The second-order valence-electron chi connectivity index (χ2n) is 3.72. The number of halogens is 6. The van der Waals surface area contributed by atoms with Gasteiger partial charge in [0.25, 0.3) is 0 Å². The predicted molar refractivity (Wildman–Crippen MR) is 59.4 cm³/mol. The van der Waals surface area contributed by atoms with Gasteiger partial charge in [-0.15, -0.1) is 13.2 Å². The summed E-state index contributed by atoms with van der Waals surface area (Å²) in [6, 6.07) is 3.10. The Morgan fingerprint density at radius 1 is 1.20 bits per heavy atom. The average molecular weight is 318 g/mol. The van der Waals surface area contributed by atoms with E-state index in [9.17, 15) is 31.1 Å². The number of carbonyl (C=O) groups excluding carboxylic acids is 1. The number of hydrogen-bond donors (Lipinski definition) is 0. The Balaban J connectivity index is 3.24. The second-order valence-corrected chi connectivity index (χ2v) is 4.83. The van der Waals surface area contributed by atoms with Crippen LogP contribution in [-0.2, 0) is 11.2 Å². The third kappa shape index (κ3) is 5.72. The maximum atomic E-state index is 12.3. The van der Waals surface area contributed by atoms with Crippen molar-refractivity contribution in [1.29, 1.82) is 0 Å². The van der Waals surface area contributed by atoms with Crippen LogP contribution in [-0.4, -0.2) is 17.7 Å². The lowest BCUT2D eigenvalue weighted by Gasteiger charge is -2.17. The number of Topliss-reactive ketones (excluding diaryl/α,β-unsaturated/α-hetero) is 1. The molecule has 112 valence electrons. The minimum atomic E-state index is -5.15.